The quantitative estimate of drug-likeness (QED) is 0.788. The maximum absolute atomic E-state index is 12.5. The van der Waals surface area contributed by atoms with Crippen molar-refractivity contribution in [1.82, 2.24) is 4.90 Å². The summed E-state index contributed by atoms with van der Waals surface area (Å²) in [6.07, 6.45) is 0. The number of amides is 1. The highest BCUT2D eigenvalue weighted by molar-refractivity contribution is 5.97. The van der Waals surface area contributed by atoms with Crippen LogP contribution in [-0.2, 0) is 6.54 Å². The molecule has 0 bridgehead atoms. The van der Waals surface area contributed by atoms with Gasteiger partial charge in [-0.15, -0.1) is 0 Å². The molecule has 0 radical (unpaired) electrons. The molecular formula is C16H15NO4. The summed E-state index contributed by atoms with van der Waals surface area (Å²) in [6.45, 7) is 1.22. The van der Waals surface area contributed by atoms with Crippen LogP contribution in [0.2, 0.25) is 0 Å². The Morgan fingerprint density at radius 2 is 1.95 bits per heavy atom. The molecule has 0 saturated heterocycles. The van der Waals surface area contributed by atoms with Crippen LogP contribution in [0.15, 0.2) is 42.5 Å². The number of hydrogen-bond acceptors (Lipinski definition) is 4. The molecule has 0 fully saturated rings. The lowest BCUT2D eigenvalue weighted by molar-refractivity contribution is 0.0729. The Kier molecular flexibility index (Phi) is 3.39. The number of phenolic OH excluding ortho intramolecular Hbond substituents is 2. The predicted molar refractivity (Wildman–Crippen MR) is 76.4 cm³/mol. The smallest absolute Gasteiger partial charge is 0.258 e. The molecule has 0 spiro atoms. The number of aromatic hydroxyl groups is 2. The van der Waals surface area contributed by atoms with Gasteiger partial charge < -0.3 is 19.8 Å². The van der Waals surface area contributed by atoms with Crippen LogP contribution in [0.5, 0.6) is 17.2 Å². The standard InChI is InChI=1S/C16H15NO4/c18-12-5-6-14(19)13(9-12)16(20)17-7-8-21-15-4-2-1-3-11(15)10-17/h1-6,9,18-19H,7-8,10H2. The molecule has 1 aliphatic rings. The van der Waals surface area contributed by atoms with E-state index in [1.807, 2.05) is 24.3 Å². The third kappa shape index (κ3) is 2.63. The fraction of sp³-hybridized carbons (Fsp3) is 0.188. The molecule has 2 aromatic carbocycles. The van der Waals surface area contributed by atoms with Gasteiger partial charge in [-0.05, 0) is 24.3 Å². The van der Waals surface area contributed by atoms with E-state index in [1.54, 1.807) is 4.90 Å². The van der Waals surface area contributed by atoms with Crippen molar-refractivity contribution in [3.05, 3.63) is 53.6 Å². The van der Waals surface area contributed by atoms with Crippen LogP contribution >= 0.6 is 0 Å². The highest BCUT2D eigenvalue weighted by atomic mass is 16.5. The Morgan fingerprint density at radius 3 is 2.81 bits per heavy atom. The van der Waals surface area contributed by atoms with Crippen LogP contribution in [0.25, 0.3) is 0 Å². The van der Waals surface area contributed by atoms with E-state index in [4.69, 9.17) is 4.74 Å². The topological polar surface area (TPSA) is 70.0 Å². The Bertz CT molecular complexity index is 684. The summed E-state index contributed by atoms with van der Waals surface area (Å²) < 4.78 is 5.61. The number of carbonyl (C=O) groups is 1. The molecule has 1 heterocycles. The van der Waals surface area contributed by atoms with Gasteiger partial charge in [-0.2, -0.15) is 0 Å². The van der Waals surface area contributed by atoms with Crippen LogP contribution in [0.1, 0.15) is 15.9 Å². The van der Waals surface area contributed by atoms with Crippen molar-refractivity contribution in [2.75, 3.05) is 13.2 Å². The van der Waals surface area contributed by atoms with Crippen molar-refractivity contribution < 1.29 is 19.7 Å². The molecule has 3 rings (SSSR count). The van der Waals surface area contributed by atoms with Gasteiger partial charge >= 0.3 is 0 Å². The van der Waals surface area contributed by atoms with Crippen LogP contribution in [-0.4, -0.2) is 34.2 Å². The third-order valence-corrected chi connectivity index (χ3v) is 3.45. The van der Waals surface area contributed by atoms with Crippen molar-refractivity contribution in [2.24, 2.45) is 0 Å². The van der Waals surface area contributed by atoms with E-state index in [1.165, 1.54) is 18.2 Å². The molecule has 0 unspecified atom stereocenters. The minimum atomic E-state index is -0.330. The zero-order chi connectivity index (χ0) is 14.8. The molecule has 0 atom stereocenters. The SMILES string of the molecule is O=C(c1cc(O)ccc1O)N1CCOc2ccccc2C1. The molecule has 0 saturated carbocycles. The number of ether oxygens (including phenoxy) is 1. The second-order valence-electron chi connectivity index (χ2n) is 4.88. The number of hydrogen-bond donors (Lipinski definition) is 2. The number of fused-ring (bicyclic) bond motifs is 1. The molecule has 5 heteroatoms. The molecule has 5 nitrogen and oxygen atoms in total. The zero-order valence-electron chi connectivity index (χ0n) is 11.3. The monoisotopic (exact) mass is 285 g/mol. The first-order chi connectivity index (χ1) is 10.1. The Hall–Kier alpha value is -2.69. The molecule has 21 heavy (non-hydrogen) atoms. The van der Waals surface area contributed by atoms with Gasteiger partial charge in [0, 0.05) is 12.1 Å². The van der Waals surface area contributed by atoms with Crippen LogP contribution in [0.3, 0.4) is 0 Å². The van der Waals surface area contributed by atoms with Gasteiger partial charge in [0.15, 0.2) is 0 Å². The summed E-state index contributed by atoms with van der Waals surface area (Å²) in [5.41, 5.74) is 1.01. The Morgan fingerprint density at radius 1 is 1.14 bits per heavy atom. The summed E-state index contributed by atoms with van der Waals surface area (Å²) >= 11 is 0. The lowest BCUT2D eigenvalue weighted by atomic mass is 10.1. The average molecular weight is 285 g/mol. The molecule has 2 aromatic rings. The maximum Gasteiger partial charge on any atom is 0.258 e. The van der Waals surface area contributed by atoms with Crippen molar-refractivity contribution in [1.29, 1.82) is 0 Å². The van der Waals surface area contributed by atoms with Crippen molar-refractivity contribution in [3.63, 3.8) is 0 Å². The molecule has 1 amide bonds. The largest absolute Gasteiger partial charge is 0.508 e. The maximum atomic E-state index is 12.5. The fourth-order valence-electron chi connectivity index (χ4n) is 2.36. The van der Waals surface area contributed by atoms with Gasteiger partial charge in [-0.25, -0.2) is 0 Å². The number of benzene rings is 2. The summed E-state index contributed by atoms with van der Waals surface area (Å²) in [6, 6.07) is 11.5. The summed E-state index contributed by atoms with van der Waals surface area (Å²) in [5, 5.41) is 19.3. The van der Waals surface area contributed by atoms with E-state index in [2.05, 4.69) is 0 Å². The number of carbonyl (C=O) groups excluding carboxylic acids is 1. The van der Waals surface area contributed by atoms with Gasteiger partial charge in [0.2, 0.25) is 0 Å². The minimum absolute atomic E-state index is 0.0531. The van der Waals surface area contributed by atoms with Crippen LogP contribution in [0.4, 0.5) is 0 Å². The van der Waals surface area contributed by atoms with Crippen molar-refractivity contribution in [3.8, 4) is 17.2 Å². The van der Waals surface area contributed by atoms with E-state index in [-0.39, 0.29) is 23.0 Å². The van der Waals surface area contributed by atoms with E-state index in [0.29, 0.717) is 19.7 Å². The number of para-hydroxylation sites is 1. The van der Waals surface area contributed by atoms with Crippen LogP contribution in [0, 0.1) is 0 Å². The highest BCUT2D eigenvalue weighted by Gasteiger charge is 2.23. The molecule has 0 aromatic heterocycles. The predicted octanol–water partition coefficient (Wildman–Crippen LogP) is 2.13. The van der Waals surface area contributed by atoms with E-state index >= 15 is 0 Å². The fourth-order valence-corrected chi connectivity index (χ4v) is 2.36. The second kappa shape index (κ2) is 5.36. The van der Waals surface area contributed by atoms with Gasteiger partial charge in [-0.1, -0.05) is 18.2 Å². The van der Waals surface area contributed by atoms with E-state index < -0.39 is 0 Å². The molecular weight excluding hydrogens is 270 g/mol. The third-order valence-electron chi connectivity index (χ3n) is 3.45. The zero-order valence-corrected chi connectivity index (χ0v) is 11.3. The van der Waals surface area contributed by atoms with Crippen molar-refractivity contribution >= 4 is 5.91 Å². The van der Waals surface area contributed by atoms with Crippen LogP contribution < -0.4 is 4.74 Å². The Labute approximate surface area is 122 Å². The lowest BCUT2D eigenvalue weighted by Crippen LogP contribution is -2.32. The van der Waals surface area contributed by atoms with Gasteiger partial charge in [0.25, 0.3) is 5.91 Å². The van der Waals surface area contributed by atoms with E-state index in [9.17, 15) is 15.0 Å². The van der Waals surface area contributed by atoms with Crippen molar-refractivity contribution in [2.45, 2.75) is 6.54 Å². The minimum Gasteiger partial charge on any atom is -0.508 e. The van der Waals surface area contributed by atoms with E-state index in [0.717, 1.165) is 11.3 Å². The molecule has 2 N–H and O–H groups in total. The summed E-state index contributed by atoms with van der Waals surface area (Å²) in [4.78, 5) is 14.1. The second-order valence-corrected chi connectivity index (χ2v) is 4.88. The highest BCUT2D eigenvalue weighted by Crippen LogP contribution is 2.27. The van der Waals surface area contributed by atoms with Gasteiger partial charge in [-0.3, -0.25) is 4.79 Å². The average Bonchev–Trinajstić information content (AvgIpc) is 2.71. The molecule has 0 aliphatic carbocycles. The first kappa shape index (κ1) is 13.3. The lowest BCUT2D eigenvalue weighted by Gasteiger charge is -2.20. The number of phenols is 2. The van der Waals surface area contributed by atoms with Gasteiger partial charge in [0.1, 0.15) is 23.9 Å². The normalized spacial score (nSPS) is 14.0. The molecule has 108 valence electrons. The number of nitrogens with zero attached hydrogens (tertiary/aromatic N) is 1. The Balaban J connectivity index is 1.90. The first-order valence-corrected chi connectivity index (χ1v) is 6.67. The summed E-state index contributed by atoms with van der Waals surface area (Å²) in [7, 11) is 0. The molecule has 1 aliphatic heterocycles. The first-order valence-electron chi connectivity index (χ1n) is 6.67. The summed E-state index contributed by atoms with van der Waals surface area (Å²) in [5.74, 6) is 0.246. The number of rotatable bonds is 1. The van der Waals surface area contributed by atoms with Gasteiger partial charge in [0.05, 0.1) is 12.1 Å².